The van der Waals surface area contributed by atoms with Crippen molar-refractivity contribution in [3.63, 3.8) is 0 Å². The van der Waals surface area contributed by atoms with Crippen LogP contribution in [0.5, 0.6) is 0 Å². The third-order valence-corrected chi connectivity index (χ3v) is 10.5. The molecule has 0 fully saturated rings. The molecule has 0 heterocycles. The molecule has 1 aliphatic carbocycles. The van der Waals surface area contributed by atoms with Gasteiger partial charge in [-0.2, -0.15) is 0 Å². The Hall–Kier alpha value is -2.00. The molecule has 0 amide bonds. The first-order valence-electron chi connectivity index (χ1n) is 13.2. The van der Waals surface area contributed by atoms with Crippen molar-refractivity contribution in [1.29, 1.82) is 0 Å². The Balaban J connectivity index is 1.43. The van der Waals surface area contributed by atoms with Crippen LogP contribution < -0.4 is 9.44 Å². The van der Waals surface area contributed by atoms with E-state index in [2.05, 4.69) is 46.7 Å². The normalized spacial score (nSPS) is 17.5. The smallest absolute Gasteiger partial charge is 0.213 e. The number of rotatable bonds is 13. The highest BCUT2D eigenvalue weighted by molar-refractivity contribution is 7.90. The Morgan fingerprint density at radius 2 is 1.49 bits per heavy atom. The van der Waals surface area contributed by atoms with Gasteiger partial charge in [-0.25, -0.2) is 26.3 Å². The van der Waals surface area contributed by atoms with Gasteiger partial charge in [-0.1, -0.05) is 67.1 Å². The maximum absolute atomic E-state index is 12.4. The molecule has 0 aliphatic heterocycles. The molecule has 0 saturated heterocycles. The molecule has 37 heavy (non-hydrogen) atoms. The molecule has 2 aromatic carbocycles. The molecule has 2 atom stereocenters. The summed E-state index contributed by atoms with van der Waals surface area (Å²) in [6.07, 6.45) is 6.42. The average molecular weight is 547 g/mol. The molecule has 204 valence electrons. The van der Waals surface area contributed by atoms with Gasteiger partial charge in [0, 0.05) is 13.1 Å². The molecule has 0 bridgehead atoms. The third-order valence-electron chi connectivity index (χ3n) is 7.32. The van der Waals surface area contributed by atoms with Crippen LogP contribution in [-0.4, -0.2) is 40.9 Å². The maximum Gasteiger partial charge on any atom is 0.213 e. The topological polar surface area (TPSA) is 92.3 Å². The SMILES string of the molecule is Cc1ccc(CCS(=O)(=O)NCCc2ccc(C3=CCC(C(C)CNS(=O)(=O)C(C)C)CC3)cc2)cc1. The van der Waals surface area contributed by atoms with Gasteiger partial charge in [0.15, 0.2) is 0 Å². The minimum Gasteiger partial charge on any atom is -0.215 e. The van der Waals surface area contributed by atoms with Gasteiger partial charge in [0.1, 0.15) is 0 Å². The zero-order valence-electron chi connectivity index (χ0n) is 22.5. The van der Waals surface area contributed by atoms with E-state index in [1.807, 2.05) is 31.2 Å². The van der Waals surface area contributed by atoms with Crippen LogP contribution in [0.2, 0.25) is 0 Å². The van der Waals surface area contributed by atoms with Gasteiger partial charge in [0.05, 0.1) is 11.0 Å². The molecular weight excluding hydrogens is 504 g/mol. The summed E-state index contributed by atoms with van der Waals surface area (Å²) in [6.45, 7) is 8.40. The fourth-order valence-electron chi connectivity index (χ4n) is 4.53. The Kier molecular flexibility index (Phi) is 10.5. The number of allylic oxidation sites excluding steroid dienone is 2. The highest BCUT2D eigenvalue weighted by atomic mass is 32.2. The fourth-order valence-corrected chi connectivity index (χ4v) is 6.42. The van der Waals surface area contributed by atoms with Gasteiger partial charge < -0.3 is 0 Å². The lowest BCUT2D eigenvalue weighted by Crippen LogP contribution is -2.36. The first kappa shape index (κ1) is 29.6. The standard InChI is InChI=1S/C29H42N2O4S2/c1-22(2)37(34,35)31-21-24(4)27-13-15-29(16-14-27)28-11-9-25(10-12-28)17-19-30-36(32,33)20-18-26-7-5-23(3)6-8-26/h5-12,15,22,24,27,30-31H,13-14,16-21H2,1-4H3. The minimum atomic E-state index is -3.31. The van der Waals surface area contributed by atoms with E-state index in [0.717, 1.165) is 30.4 Å². The molecule has 3 rings (SSSR count). The van der Waals surface area contributed by atoms with Crippen LogP contribution in [-0.2, 0) is 32.9 Å². The second-order valence-corrected chi connectivity index (χ2v) is 14.8. The zero-order valence-corrected chi connectivity index (χ0v) is 24.2. The zero-order chi connectivity index (χ0) is 27.1. The van der Waals surface area contributed by atoms with Gasteiger partial charge in [0.25, 0.3) is 0 Å². The molecular formula is C29H42N2O4S2. The van der Waals surface area contributed by atoms with Crippen LogP contribution in [0.25, 0.3) is 5.57 Å². The van der Waals surface area contributed by atoms with Crippen molar-refractivity contribution in [1.82, 2.24) is 9.44 Å². The molecule has 8 heteroatoms. The third kappa shape index (κ3) is 9.36. The summed E-state index contributed by atoms with van der Waals surface area (Å²) in [5.41, 5.74) is 5.83. The van der Waals surface area contributed by atoms with Crippen LogP contribution in [0.4, 0.5) is 0 Å². The van der Waals surface area contributed by atoms with E-state index < -0.39 is 25.3 Å². The number of sulfonamides is 2. The number of hydrogen-bond donors (Lipinski definition) is 2. The van der Waals surface area contributed by atoms with Gasteiger partial charge >= 0.3 is 0 Å². The summed E-state index contributed by atoms with van der Waals surface area (Å²) < 4.78 is 54.3. The van der Waals surface area contributed by atoms with E-state index in [4.69, 9.17) is 0 Å². The van der Waals surface area contributed by atoms with Crippen molar-refractivity contribution in [3.8, 4) is 0 Å². The highest BCUT2D eigenvalue weighted by Crippen LogP contribution is 2.34. The fraction of sp³-hybridized carbons (Fsp3) is 0.517. The highest BCUT2D eigenvalue weighted by Gasteiger charge is 2.23. The molecule has 0 saturated carbocycles. The van der Waals surface area contributed by atoms with Crippen LogP contribution >= 0.6 is 0 Å². The maximum atomic E-state index is 12.4. The first-order chi connectivity index (χ1) is 17.4. The lowest BCUT2D eigenvalue weighted by molar-refractivity contribution is 0.334. The van der Waals surface area contributed by atoms with E-state index in [1.54, 1.807) is 13.8 Å². The Bertz CT molecular complexity index is 1250. The quantitative estimate of drug-likeness (QED) is 0.376. The molecule has 2 unspecified atom stereocenters. The van der Waals surface area contributed by atoms with Crippen LogP contribution in [0, 0.1) is 18.8 Å². The van der Waals surface area contributed by atoms with E-state index in [1.165, 1.54) is 16.7 Å². The molecule has 0 radical (unpaired) electrons. The number of nitrogens with one attached hydrogen (secondary N) is 2. The van der Waals surface area contributed by atoms with E-state index in [9.17, 15) is 16.8 Å². The molecule has 6 nitrogen and oxygen atoms in total. The molecule has 1 aliphatic rings. The molecule has 2 N–H and O–H groups in total. The summed E-state index contributed by atoms with van der Waals surface area (Å²) in [4.78, 5) is 0. The summed E-state index contributed by atoms with van der Waals surface area (Å²) in [5.74, 6) is 0.845. The Morgan fingerprint density at radius 3 is 2.08 bits per heavy atom. The number of aryl methyl sites for hydroxylation is 2. The second kappa shape index (κ2) is 13.2. The van der Waals surface area contributed by atoms with Crippen LogP contribution in [0.1, 0.15) is 62.3 Å². The Labute approximate surface area is 224 Å². The molecule has 0 aromatic heterocycles. The van der Waals surface area contributed by atoms with Crippen molar-refractivity contribution >= 4 is 25.6 Å². The first-order valence-corrected chi connectivity index (χ1v) is 16.4. The van der Waals surface area contributed by atoms with Gasteiger partial charge in [-0.05, 0) is 87.0 Å². The summed E-state index contributed by atoms with van der Waals surface area (Å²) >= 11 is 0. The Morgan fingerprint density at radius 1 is 0.865 bits per heavy atom. The van der Waals surface area contributed by atoms with E-state index in [0.29, 0.717) is 31.8 Å². The second-order valence-electron chi connectivity index (χ2n) is 10.6. The summed E-state index contributed by atoms with van der Waals surface area (Å²) in [5, 5.41) is -0.412. The largest absolute Gasteiger partial charge is 0.215 e. The molecule has 0 spiro atoms. The van der Waals surface area contributed by atoms with Crippen molar-refractivity contribution in [2.75, 3.05) is 18.8 Å². The minimum absolute atomic E-state index is 0.0896. The van der Waals surface area contributed by atoms with Crippen LogP contribution in [0.3, 0.4) is 0 Å². The van der Waals surface area contributed by atoms with Crippen molar-refractivity contribution in [2.45, 2.75) is 65.0 Å². The van der Waals surface area contributed by atoms with E-state index in [-0.39, 0.29) is 11.7 Å². The average Bonchev–Trinajstić information content (AvgIpc) is 2.87. The number of hydrogen-bond acceptors (Lipinski definition) is 4. The van der Waals surface area contributed by atoms with Gasteiger partial charge in [0.2, 0.25) is 20.0 Å². The predicted octanol–water partition coefficient (Wildman–Crippen LogP) is 4.85. The summed E-state index contributed by atoms with van der Waals surface area (Å²) in [7, 11) is -6.54. The van der Waals surface area contributed by atoms with Crippen LogP contribution in [0.15, 0.2) is 54.6 Å². The van der Waals surface area contributed by atoms with Crippen molar-refractivity contribution < 1.29 is 16.8 Å². The van der Waals surface area contributed by atoms with Gasteiger partial charge in [-0.15, -0.1) is 0 Å². The lowest BCUT2D eigenvalue weighted by atomic mass is 9.80. The van der Waals surface area contributed by atoms with Gasteiger partial charge in [-0.3, -0.25) is 0 Å². The lowest BCUT2D eigenvalue weighted by Gasteiger charge is -2.28. The summed E-state index contributed by atoms with van der Waals surface area (Å²) in [6, 6.07) is 16.4. The molecule has 2 aromatic rings. The van der Waals surface area contributed by atoms with E-state index >= 15 is 0 Å². The predicted molar refractivity (Wildman–Crippen MR) is 153 cm³/mol. The van der Waals surface area contributed by atoms with Crippen molar-refractivity contribution in [3.05, 3.63) is 76.9 Å². The number of benzene rings is 2. The monoisotopic (exact) mass is 546 g/mol. The van der Waals surface area contributed by atoms with Crippen molar-refractivity contribution in [2.24, 2.45) is 11.8 Å².